The highest BCUT2D eigenvalue weighted by Crippen LogP contribution is 2.39. The molecule has 1 amide bonds. The van der Waals surface area contributed by atoms with Crippen LogP contribution in [0.1, 0.15) is 47.2 Å². The number of fused-ring (bicyclic) bond motifs is 1. The lowest BCUT2D eigenvalue weighted by Crippen LogP contribution is -2.37. The average Bonchev–Trinajstić information content (AvgIpc) is 3.15. The molecule has 2 unspecified atom stereocenters. The van der Waals surface area contributed by atoms with E-state index in [9.17, 15) is 27.6 Å². The second kappa shape index (κ2) is 9.28. The Labute approximate surface area is 180 Å². The number of nitrogens with one attached hydrogen (secondary N) is 2. The van der Waals surface area contributed by atoms with Gasteiger partial charge in [-0.1, -0.05) is 0 Å². The summed E-state index contributed by atoms with van der Waals surface area (Å²) in [7, 11) is 0. The van der Waals surface area contributed by atoms with Gasteiger partial charge in [-0.2, -0.15) is 18.3 Å². The van der Waals surface area contributed by atoms with Crippen molar-refractivity contribution in [2.24, 2.45) is 0 Å². The van der Waals surface area contributed by atoms with Gasteiger partial charge in [0.15, 0.2) is 18.3 Å². The summed E-state index contributed by atoms with van der Waals surface area (Å²) < 4.78 is 50.3. The fraction of sp³-hybridized carbons (Fsp3) is 0.400. The highest BCUT2D eigenvalue weighted by Gasteiger charge is 2.45. The molecule has 2 heterocycles. The Hall–Kier alpha value is -3.57. The molecule has 2 N–H and O–H groups in total. The van der Waals surface area contributed by atoms with Crippen LogP contribution in [0.2, 0.25) is 0 Å². The number of nitrogens with zero attached hydrogens (tertiary/aromatic N) is 2. The van der Waals surface area contributed by atoms with Crippen molar-refractivity contribution in [1.82, 2.24) is 9.78 Å². The molecule has 1 aromatic carbocycles. The van der Waals surface area contributed by atoms with Crippen molar-refractivity contribution in [2.75, 3.05) is 23.8 Å². The molecule has 0 spiro atoms. The molecule has 1 aromatic heterocycles. The van der Waals surface area contributed by atoms with E-state index < -0.39 is 42.7 Å². The summed E-state index contributed by atoms with van der Waals surface area (Å²) in [5.74, 6) is -2.16. The van der Waals surface area contributed by atoms with Crippen LogP contribution in [0.15, 0.2) is 30.3 Å². The molecule has 0 aliphatic carbocycles. The predicted octanol–water partition coefficient (Wildman–Crippen LogP) is 3.16. The molecule has 0 saturated carbocycles. The van der Waals surface area contributed by atoms with Gasteiger partial charge in [-0.05, 0) is 44.5 Å². The van der Waals surface area contributed by atoms with Gasteiger partial charge in [-0.15, -0.1) is 0 Å². The molecular formula is C20H21F3N4O5. The molecule has 1 aliphatic rings. The van der Waals surface area contributed by atoms with Crippen LogP contribution in [-0.2, 0) is 14.3 Å². The summed E-state index contributed by atoms with van der Waals surface area (Å²) >= 11 is 0. The number of alkyl halides is 3. The lowest BCUT2D eigenvalue weighted by molar-refractivity contribution is -0.173. The van der Waals surface area contributed by atoms with Crippen molar-refractivity contribution in [2.45, 2.75) is 38.5 Å². The lowest BCUT2D eigenvalue weighted by atomic mass is 10.1. The van der Waals surface area contributed by atoms with Gasteiger partial charge >= 0.3 is 18.1 Å². The van der Waals surface area contributed by atoms with Gasteiger partial charge < -0.3 is 20.1 Å². The van der Waals surface area contributed by atoms with Crippen molar-refractivity contribution in [3.63, 3.8) is 0 Å². The van der Waals surface area contributed by atoms with E-state index in [0.717, 1.165) is 6.07 Å². The van der Waals surface area contributed by atoms with Crippen molar-refractivity contribution in [1.29, 1.82) is 0 Å². The molecule has 2 aromatic rings. The summed E-state index contributed by atoms with van der Waals surface area (Å²) in [5.41, 5.74) is 0.310. The van der Waals surface area contributed by atoms with Gasteiger partial charge in [-0.3, -0.25) is 4.79 Å². The van der Waals surface area contributed by atoms with Crippen LogP contribution < -0.4 is 10.6 Å². The maximum atomic E-state index is 13.3. The van der Waals surface area contributed by atoms with Crippen molar-refractivity contribution in [3.8, 4) is 0 Å². The molecule has 0 fully saturated rings. The zero-order valence-corrected chi connectivity index (χ0v) is 17.2. The average molecular weight is 454 g/mol. The fourth-order valence-corrected chi connectivity index (χ4v) is 3.16. The summed E-state index contributed by atoms with van der Waals surface area (Å²) in [5, 5.41) is 9.03. The minimum Gasteiger partial charge on any atom is -0.462 e. The molecule has 12 heteroatoms. The molecule has 0 radical (unpaired) electrons. The Morgan fingerprint density at radius 2 is 1.88 bits per heavy atom. The topological polar surface area (TPSA) is 112 Å². The standard InChI is InChI=1S/C20H21F3N4O5/c1-3-31-18(29)12-4-6-13(7-5-12)25-17(28)10-32-19(30)14-9-16-24-11(2)8-15(20(21,22)23)27(16)26-14/h4-7,9,11,15,24H,3,8,10H2,1-2H3,(H,25,28). The van der Waals surface area contributed by atoms with Gasteiger partial charge in [0, 0.05) is 17.8 Å². The third-order valence-corrected chi connectivity index (χ3v) is 4.60. The first kappa shape index (κ1) is 23.1. The SMILES string of the molecule is CCOC(=O)c1ccc(NC(=O)COC(=O)c2cc3n(n2)C(C(F)(F)F)CC(C)N3)cc1. The minimum atomic E-state index is -4.53. The third-order valence-electron chi connectivity index (χ3n) is 4.60. The van der Waals surface area contributed by atoms with Gasteiger partial charge in [0.1, 0.15) is 5.82 Å². The van der Waals surface area contributed by atoms with Gasteiger partial charge in [0.2, 0.25) is 0 Å². The second-order valence-electron chi connectivity index (χ2n) is 7.12. The molecule has 1 aliphatic heterocycles. The second-order valence-corrected chi connectivity index (χ2v) is 7.12. The zero-order valence-electron chi connectivity index (χ0n) is 17.2. The lowest BCUT2D eigenvalue weighted by Gasteiger charge is -2.31. The summed E-state index contributed by atoms with van der Waals surface area (Å²) in [6.07, 6.45) is -4.76. The number of hydrogen-bond donors (Lipinski definition) is 2. The quantitative estimate of drug-likeness (QED) is 0.645. The van der Waals surface area contributed by atoms with Gasteiger partial charge in [-0.25, -0.2) is 14.3 Å². The van der Waals surface area contributed by atoms with Gasteiger partial charge in [0.25, 0.3) is 5.91 Å². The van der Waals surface area contributed by atoms with E-state index in [1.54, 1.807) is 13.8 Å². The van der Waals surface area contributed by atoms with E-state index in [1.807, 2.05) is 0 Å². The number of carbonyl (C=O) groups excluding carboxylic acids is 3. The van der Waals surface area contributed by atoms with Crippen LogP contribution in [0.3, 0.4) is 0 Å². The molecule has 0 saturated heterocycles. The van der Waals surface area contributed by atoms with Crippen LogP contribution in [0.5, 0.6) is 0 Å². The molecule has 172 valence electrons. The first-order valence-electron chi connectivity index (χ1n) is 9.75. The largest absolute Gasteiger partial charge is 0.462 e. The first-order valence-corrected chi connectivity index (χ1v) is 9.75. The van der Waals surface area contributed by atoms with Crippen LogP contribution in [0.25, 0.3) is 0 Å². The van der Waals surface area contributed by atoms with E-state index >= 15 is 0 Å². The van der Waals surface area contributed by atoms with Crippen LogP contribution in [0.4, 0.5) is 24.7 Å². The van der Waals surface area contributed by atoms with E-state index in [4.69, 9.17) is 9.47 Å². The number of benzene rings is 1. The maximum absolute atomic E-state index is 13.3. The number of hydrogen-bond acceptors (Lipinski definition) is 7. The number of aromatic nitrogens is 2. The molecule has 2 atom stereocenters. The first-order chi connectivity index (χ1) is 15.1. The number of carbonyl (C=O) groups is 3. The Morgan fingerprint density at radius 3 is 2.50 bits per heavy atom. The molecule has 0 bridgehead atoms. The van der Waals surface area contributed by atoms with Crippen LogP contribution in [0, 0.1) is 0 Å². The van der Waals surface area contributed by atoms with Crippen LogP contribution >= 0.6 is 0 Å². The summed E-state index contributed by atoms with van der Waals surface area (Å²) in [6.45, 7) is 2.83. The zero-order chi connectivity index (χ0) is 23.5. The summed E-state index contributed by atoms with van der Waals surface area (Å²) in [4.78, 5) is 35.8. The number of amides is 1. The minimum absolute atomic E-state index is 0.0455. The Morgan fingerprint density at radius 1 is 1.19 bits per heavy atom. The van der Waals surface area contributed by atoms with E-state index in [0.29, 0.717) is 15.9 Å². The van der Waals surface area contributed by atoms with Gasteiger partial charge in [0.05, 0.1) is 12.2 Å². The molecule has 32 heavy (non-hydrogen) atoms. The predicted molar refractivity (Wildman–Crippen MR) is 106 cm³/mol. The number of rotatable bonds is 6. The normalized spacial score (nSPS) is 17.7. The Kier molecular flexibility index (Phi) is 6.70. The Bertz CT molecular complexity index is 1000. The van der Waals surface area contributed by atoms with Crippen molar-refractivity contribution >= 4 is 29.4 Å². The molecule has 3 rings (SSSR count). The highest BCUT2D eigenvalue weighted by atomic mass is 19.4. The smallest absolute Gasteiger partial charge is 0.410 e. The molecular weight excluding hydrogens is 433 g/mol. The monoisotopic (exact) mass is 454 g/mol. The number of esters is 2. The van der Waals surface area contributed by atoms with Crippen molar-refractivity contribution < 1.29 is 37.0 Å². The Balaban J connectivity index is 1.58. The third kappa shape index (κ3) is 5.37. The van der Waals surface area contributed by atoms with Crippen molar-refractivity contribution in [3.05, 3.63) is 41.6 Å². The molecule has 9 nitrogen and oxygen atoms in total. The van der Waals surface area contributed by atoms with E-state index in [1.165, 1.54) is 24.3 Å². The van der Waals surface area contributed by atoms with E-state index in [-0.39, 0.29) is 24.5 Å². The maximum Gasteiger partial charge on any atom is 0.410 e. The van der Waals surface area contributed by atoms with E-state index in [2.05, 4.69) is 15.7 Å². The number of halogens is 3. The fourth-order valence-electron chi connectivity index (χ4n) is 3.16. The highest BCUT2D eigenvalue weighted by molar-refractivity contribution is 5.96. The summed E-state index contributed by atoms with van der Waals surface area (Å²) in [6, 6.07) is 4.69. The van der Waals surface area contributed by atoms with Crippen LogP contribution in [-0.4, -0.2) is 53.1 Å². The number of anilines is 2. The number of ether oxygens (including phenoxy) is 2.